The van der Waals surface area contributed by atoms with Crippen LogP contribution in [0.3, 0.4) is 0 Å². The number of aromatic amines is 1. The number of fused-ring (bicyclic) bond motifs is 2. The third-order valence-corrected chi connectivity index (χ3v) is 4.69. The third-order valence-electron chi connectivity index (χ3n) is 4.69. The molecule has 0 fully saturated rings. The molecule has 1 aliphatic rings. The van der Waals surface area contributed by atoms with Gasteiger partial charge in [-0.15, -0.1) is 0 Å². The summed E-state index contributed by atoms with van der Waals surface area (Å²) in [5, 5.41) is 12.9. The molecule has 0 saturated heterocycles. The highest BCUT2D eigenvalue weighted by Crippen LogP contribution is 2.37. The predicted octanol–water partition coefficient (Wildman–Crippen LogP) is 2.71. The zero-order valence-corrected chi connectivity index (χ0v) is 14.5. The van der Waals surface area contributed by atoms with Crippen molar-refractivity contribution in [2.45, 2.75) is 18.9 Å². The van der Waals surface area contributed by atoms with Gasteiger partial charge in [0.15, 0.2) is 6.19 Å². The van der Waals surface area contributed by atoms with Gasteiger partial charge in [0.05, 0.1) is 24.9 Å². The molecule has 3 heterocycles. The molecular weight excluding hydrogens is 330 g/mol. The third kappa shape index (κ3) is 2.85. The minimum atomic E-state index is -0.0415. The number of H-pyrrole nitrogens is 1. The predicted molar refractivity (Wildman–Crippen MR) is 96.5 cm³/mol. The van der Waals surface area contributed by atoms with E-state index in [-0.39, 0.29) is 6.04 Å². The normalized spacial score (nSPS) is 15.9. The number of methoxy groups -OCH3 is 1. The van der Waals surface area contributed by atoms with Crippen LogP contribution in [0.2, 0.25) is 0 Å². The molecule has 1 unspecified atom stereocenters. The van der Waals surface area contributed by atoms with Crippen molar-refractivity contribution in [1.82, 2.24) is 20.3 Å². The summed E-state index contributed by atoms with van der Waals surface area (Å²) in [5.41, 5.74) is 4.76. The minimum absolute atomic E-state index is 0.0415. The van der Waals surface area contributed by atoms with Crippen molar-refractivity contribution in [3.63, 3.8) is 0 Å². The molecule has 0 saturated carbocycles. The smallest absolute Gasteiger partial charge is 0.177 e. The highest BCUT2D eigenvalue weighted by molar-refractivity contribution is 5.93. The van der Waals surface area contributed by atoms with E-state index in [9.17, 15) is 0 Å². The summed E-state index contributed by atoms with van der Waals surface area (Å²) in [6.07, 6.45) is 7.11. The van der Waals surface area contributed by atoms with Gasteiger partial charge in [-0.25, -0.2) is 9.97 Å². The Hall–Kier alpha value is -3.11. The molecule has 0 aliphatic carbocycles. The van der Waals surface area contributed by atoms with Crippen molar-refractivity contribution in [1.29, 1.82) is 5.26 Å². The van der Waals surface area contributed by atoms with E-state index in [0.717, 1.165) is 52.0 Å². The summed E-state index contributed by atoms with van der Waals surface area (Å²) in [5.74, 6) is 0.812. The van der Waals surface area contributed by atoms with Gasteiger partial charge in [-0.2, -0.15) is 5.26 Å². The largest absolute Gasteiger partial charge is 0.493 e. The fourth-order valence-electron chi connectivity index (χ4n) is 3.42. The first-order chi connectivity index (χ1) is 12.8. The Morgan fingerprint density at radius 1 is 1.42 bits per heavy atom. The number of hydrogen-bond donors (Lipinski definition) is 2. The van der Waals surface area contributed by atoms with Crippen LogP contribution in [0, 0.1) is 11.5 Å². The molecule has 132 valence electrons. The highest BCUT2D eigenvalue weighted by Gasteiger charge is 2.23. The summed E-state index contributed by atoms with van der Waals surface area (Å²) in [4.78, 5) is 12.1. The molecule has 4 rings (SSSR count). The van der Waals surface area contributed by atoms with Crippen LogP contribution in [0.15, 0.2) is 30.7 Å². The monoisotopic (exact) mass is 349 g/mol. The van der Waals surface area contributed by atoms with Crippen LogP contribution in [0.25, 0.3) is 22.3 Å². The fourth-order valence-corrected chi connectivity index (χ4v) is 3.42. The Bertz CT molecular complexity index is 976. The second-order valence-corrected chi connectivity index (χ2v) is 6.20. The van der Waals surface area contributed by atoms with Crippen LogP contribution in [0.4, 0.5) is 0 Å². The number of hydrogen-bond acceptors (Lipinski definition) is 6. The van der Waals surface area contributed by atoms with Gasteiger partial charge in [0, 0.05) is 36.2 Å². The maximum atomic E-state index is 9.02. The number of aromatic nitrogens is 3. The van der Waals surface area contributed by atoms with E-state index in [2.05, 4.69) is 26.3 Å². The summed E-state index contributed by atoms with van der Waals surface area (Å²) in [6, 6.07) is 5.96. The SMILES string of the molecule is COCCc1c[nH]c2ncnc(-c3ccc4c(c3)C(NC#N)CCO4)c12. The Morgan fingerprint density at radius 2 is 2.35 bits per heavy atom. The van der Waals surface area contributed by atoms with Gasteiger partial charge >= 0.3 is 0 Å². The lowest BCUT2D eigenvalue weighted by atomic mass is 9.96. The first kappa shape index (κ1) is 16.4. The van der Waals surface area contributed by atoms with Gasteiger partial charge < -0.3 is 19.8 Å². The lowest BCUT2D eigenvalue weighted by Crippen LogP contribution is -2.23. The molecule has 1 aromatic carbocycles. The Balaban J connectivity index is 1.82. The summed E-state index contributed by atoms with van der Waals surface area (Å²) in [7, 11) is 1.69. The molecule has 7 heteroatoms. The average Bonchev–Trinajstić information content (AvgIpc) is 3.10. The van der Waals surface area contributed by atoms with Gasteiger partial charge in [-0.1, -0.05) is 0 Å². The summed E-state index contributed by atoms with van der Waals surface area (Å²) in [6.45, 7) is 1.23. The van der Waals surface area contributed by atoms with Gasteiger partial charge in [0.2, 0.25) is 0 Å². The molecule has 3 aromatic rings. The standard InChI is InChI=1S/C19H19N5O2/c1-25-6-4-13-9-21-19-17(13)18(23-11-24-19)12-2-3-16-14(8-12)15(22-10-20)5-7-26-16/h2-3,8-9,11,15,22H,4-7H2,1H3,(H,21,23,24). The Morgan fingerprint density at radius 3 is 3.19 bits per heavy atom. The van der Waals surface area contributed by atoms with E-state index in [0.29, 0.717) is 13.2 Å². The number of nitrogens with one attached hydrogen (secondary N) is 2. The van der Waals surface area contributed by atoms with Gasteiger partial charge in [0.25, 0.3) is 0 Å². The van der Waals surface area contributed by atoms with E-state index in [1.807, 2.05) is 24.5 Å². The van der Waals surface area contributed by atoms with Crippen molar-refractivity contribution >= 4 is 11.0 Å². The summed E-state index contributed by atoms with van der Waals surface area (Å²) >= 11 is 0. The van der Waals surface area contributed by atoms with Crippen molar-refractivity contribution in [3.8, 4) is 23.2 Å². The van der Waals surface area contributed by atoms with E-state index in [4.69, 9.17) is 14.7 Å². The van der Waals surface area contributed by atoms with Gasteiger partial charge in [0.1, 0.15) is 17.7 Å². The number of rotatable bonds is 5. The van der Waals surface area contributed by atoms with Crippen LogP contribution in [-0.2, 0) is 11.2 Å². The van der Waals surface area contributed by atoms with Crippen molar-refractivity contribution in [2.75, 3.05) is 20.3 Å². The van der Waals surface area contributed by atoms with E-state index >= 15 is 0 Å². The molecule has 0 radical (unpaired) electrons. The van der Waals surface area contributed by atoms with Crippen LogP contribution in [-0.4, -0.2) is 35.3 Å². The molecule has 1 atom stereocenters. The zero-order valence-electron chi connectivity index (χ0n) is 14.5. The molecule has 1 aliphatic heterocycles. The second-order valence-electron chi connectivity index (χ2n) is 6.20. The molecule has 2 aromatic heterocycles. The molecule has 26 heavy (non-hydrogen) atoms. The zero-order chi connectivity index (χ0) is 17.9. The quantitative estimate of drug-likeness (QED) is 0.543. The van der Waals surface area contributed by atoms with E-state index in [1.165, 1.54) is 0 Å². The summed E-state index contributed by atoms with van der Waals surface area (Å²) < 4.78 is 11.0. The van der Waals surface area contributed by atoms with Crippen LogP contribution in [0.5, 0.6) is 5.75 Å². The maximum Gasteiger partial charge on any atom is 0.177 e. The first-order valence-electron chi connectivity index (χ1n) is 8.53. The van der Waals surface area contributed by atoms with Gasteiger partial charge in [-0.05, 0) is 30.2 Å². The molecular formula is C19H19N5O2. The molecule has 0 bridgehead atoms. The van der Waals surface area contributed by atoms with Crippen molar-refractivity contribution in [3.05, 3.63) is 41.9 Å². The van der Waals surface area contributed by atoms with Crippen LogP contribution < -0.4 is 10.1 Å². The topological polar surface area (TPSA) is 95.9 Å². The lowest BCUT2D eigenvalue weighted by Gasteiger charge is -2.25. The van der Waals surface area contributed by atoms with Crippen LogP contribution >= 0.6 is 0 Å². The fraction of sp³-hybridized carbons (Fsp3) is 0.316. The van der Waals surface area contributed by atoms with Crippen LogP contribution in [0.1, 0.15) is 23.6 Å². The Kier molecular flexibility index (Phi) is 4.42. The molecule has 7 nitrogen and oxygen atoms in total. The maximum absolute atomic E-state index is 9.02. The van der Waals surface area contributed by atoms with E-state index < -0.39 is 0 Å². The Labute approximate surface area is 151 Å². The number of ether oxygens (including phenoxy) is 2. The molecule has 0 spiro atoms. The average molecular weight is 349 g/mol. The van der Waals surface area contributed by atoms with Gasteiger partial charge in [-0.3, -0.25) is 0 Å². The van der Waals surface area contributed by atoms with Crippen molar-refractivity contribution < 1.29 is 9.47 Å². The minimum Gasteiger partial charge on any atom is -0.493 e. The molecule has 2 N–H and O–H groups in total. The van der Waals surface area contributed by atoms with Crippen molar-refractivity contribution in [2.24, 2.45) is 0 Å². The first-order valence-corrected chi connectivity index (χ1v) is 8.53. The highest BCUT2D eigenvalue weighted by atomic mass is 16.5. The molecule has 0 amide bonds. The number of nitriles is 1. The van der Waals surface area contributed by atoms with E-state index in [1.54, 1.807) is 13.4 Å². The second kappa shape index (κ2) is 7.02. The number of nitrogens with zero attached hydrogens (tertiary/aromatic N) is 3. The lowest BCUT2D eigenvalue weighted by molar-refractivity contribution is 0.202. The number of benzene rings is 1.